The molecule has 0 saturated heterocycles. The van der Waals surface area contributed by atoms with Gasteiger partial charge in [-0.25, -0.2) is 22.1 Å². The first kappa shape index (κ1) is 16.7. The van der Waals surface area contributed by atoms with Gasteiger partial charge in [-0.2, -0.15) is 0 Å². The van der Waals surface area contributed by atoms with E-state index in [9.17, 15) is 12.8 Å². The molecule has 2 rings (SSSR count). The molecule has 0 saturated carbocycles. The largest absolute Gasteiger partial charge is 0.364 e. The van der Waals surface area contributed by atoms with Crippen LogP contribution in [0.5, 0.6) is 0 Å². The molecule has 0 bridgehead atoms. The second-order valence-corrected chi connectivity index (χ2v) is 7.29. The maximum absolute atomic E-state index is 13.7. The van der Waals surface area contributed by atoms with Gasteiger partial charge in [0.25, 0.3) is 0 Å². The van der Waals surface area contributed by atoms with Gasteiger partial charge in [0.05, 0.1) is 9.92 Å². The van der Waals surface area contributed by atoms with E-state index in [4.69, 9.17) is 11.6 Å². The number of rotatable bonds is 5. The van der Waals surface area contributed by atoms with Crippen LogP contribution in [0.25, 0.3) is 0 Å². The van der Waals surface area contributed by atoms with E-state index in [2.05, 4.69) is 10.3 Å². The van der Waals surface area contributed by atoms with E-state index in [1.165, 1.54) is 26.4 Å². The first-order valence-corrected chi connectivity index (χ1v) is 8.19. The van der Waals surface area contributed by atoms with E-state index in [0.717, 1.165) is 10.4 Å². The molecule has 2 aromatic rings. The molecule has 1 aromatic carbocycles. The number of hydrogen-bond donors (Lipinski definition) is 1. The zero-order chi connectivity index (χ0) is 16.3. The molecule has 8 heteroatoms. The smallest absolute Gasteiger partial charge is 0.242 e. The van der Waals surface area contributed by atoms with Gasteiger partial charge in [-0.05, 0) is 17.7 Å². The number of benzene rings is 1. The summed E-state index contributed by atoms with van der Waals surface area (Å²) in [4.78, 5) is 4.01. The number of sulfonamides is 1. The summed E-state index contributed by atoms with van der Waals surface area (Å²) < 4.78 is 39.3. The Morgan fingerprint density at radius 2 is 2.00 bits per heavy atom. The van der Waals surface area contributed by atoms with Crippen LogP contribution in [0.4, 0.5) is 10.2 Å². The second-order valence-electron chi connectivity index (χ2n) is 4.73. The molecule has 0 unspecified atom stereocenters. The minimum atomic E-state index is -3.57. The lowest BCUT2D eigenvalue weighted by atomic mass is 10.2. The highest BCUT2D eigenvalue weighted by molar-refractivity contribution is 7.89. The summed E-state index contributed by atoms with van der Waals surface area (Å²) in [6.45, 7) is 0.120. The average molecular weight is 344 g/mol. The van der Waals surface area contributed by atoms with E-state index in [0.29, 0.717) is 5.56 Å². The normalized spacial score (nSPS) is 11.7. The van der Waals surface area contributed by atoms with Gasteiger partial charge in [-0.3, -0.25) is 0 Å². The van der Waals surface area contributed by atoms with Crippen molar-refractivity contribution in [2.24, 2.45) is 0 Å². The number of hydrogen-bond acceptors (Lipinski definition) is 4. The second kappa shape index (κ2) is 6.60. The lowest BCUT2D eigenvalue weighted by Gasteiger charge is -2.15. The van der Waals surface area contributed by atoms with E-state index in [1.807, 2.05) is 0 Å². The van der Waals surface area contributed by atoms with Crippen molar-refractivity contribution in [3.8, 4) is 0 Å². The predicted octanol–water partition coefficient (Wildman–Crippen LogP) is 2.74. The molecule has 0 spiro atoms. The molecule has 0 atom stereocenters. The topological polar surface area (TPSA) is 62.3 Å². The summed E-state index contributed by atoms with van der Waals surface area (Å²) in [6.07, 6.45) is 1.31. The fourth-order valence-electron chi connectivity index (χ4n) is 1.82. The van der Waals surface area contributed by atoms with Gasteiger partial charge in [0, 0.05) is 26.8 Å². The fraction of sp³-hybridized carbons (Fsp3) is 0.214. The van der Waals surface area contributed by atoms with Crippen molar-refractivity contribution in [3.63, 3.8) is 0 Å². The summed E-state index contributed by atoms with van der Waals surface area (Å²) in [5.74, 6) is -0.582. The van der Waals surface area contributed by atoms with Crippen LogP contribution in [0.1, 0.15) is 5.56 Å². The van der Waals surface area contributed by atoms with Gasteiger partial charge in [-0.1, -0.05) is 29.8 Å². The number of pyridine rings is 1. The van der Waals surface area contributed by atoms with Gasteiger partial charge in [0.15, 0.2) is 11.6 Å². The Bertz CT molecular complexity index is 781. The van der Waals surface area contributed by atoms with Crippen molar-refractivity contribution in [2.75, 3.05) is 19.4 Å². The SMILES string of the molecule is CN(C)S(=O)(=O)c1ccccc1CNc1ncc(Cl)cc1F. The Kier molecular flexibility index (Phi) is 5.00. The van der Waals surface area contributed by atoms with Crippen LogP contribution in [0.2, 0.25) is 5.02 Å². The van der Waals surface area contributed by atoms with Crippen LogP contribution in [-0.4, -0.2) is 31.8 Å². The van der Waals surface area contributed by atoms with Crippen LogP contribution in [-0.2, 0) is 16.6 Å². The molecule has 0 amide bonds. The van der Waals surface area contributed by atoms with E-state index in [-0.39, 0.29) is 22.3 Å². The molecule has 22 heavy (non-hydrogen) atoms. The maximum Gasteiger partial charge on any atom is 0.242 e. The third-order valence-corrected chi connectivity index (χ3v) is 5.11. The van der Waals surface area contributed by atoms with E-state index < -0.39 is 15.8 Å². The molecule has 0 aliphatic carbocycles. The Labute approximate surface area is 133 Å². The summed E-state index contributed by atoms with van der Waals surface area (Å²) in [5, 5.41) is 2.97. The predicted molar refractivity (Wildman–Crippen MR) is 83.8 cm³/mol. The van der Waals surface area contributed by atoms with Gasteiger partial charge >= 0.3 is 0 Å². The third-order valence-electron chi connectivity index (χ3n) is 2.99. The van der Waals surface area contributed by atoms with Crippen LogP contribution in [0.3, 0.4) is 0 Å². The molecular formula is C14H15ClFN3O2S. The number of anilines is 1. The highest BCUT2D eigenvalue weighted by Gasteiger charge is 2.20. The molecule has 118 valence electrons. The molecule has 5 nitrogen and oxygen atoms in total. The molecule has 0 aliphatic rings. The zero-order valence-electron chi connectivity index (χ0n) is 12.0. The minimum absolute atomic E-state index is 0.0152. The van der Waals surface area contributed by atoms with Gasteiger partial charge in [0.2, 0.25) is 10.0 Å². The molecule has 0 fully saturated rings. The van der Waals surface area contributed by atoms with Crippen molar-refractivity contribution in [2.45, 2.75) is 11.4 Å². The average Bonchev–Trinajstić information content (AvgIpc) is 2.46. The Morgan fingerprint density at radius 3 is 2.64 bits per heavy atom. The summed E-state index contributed by atoms with van der Waals surface area (Å²) in [7, 11) is -0.654. The van der Waals surface area contributed by atoms with Crippen molar-refractivity contribution in [1.82, 2.24) is 9.29 Å². The van der Waals surface area contributed by atoms with Crippen LogP contribution in [0, 0.1) is 5.82 Å². The molecule has 1 heterocycles. The number of halogens is 2. The molecule has 0 radical (unpaired) electrons. The van der Waals surface area contributed by atoms with Crippen LogP contribution in [0.15, 0.2) is 41.4 Å². The Balaban J connectivity index is 2.28. The molecule has 1 aromatic heterocycles. The van der Waals surface area contributed by atoms with Crippen LogP contribution < -0.4 is 5.32 Å². The molecule has 0 aliphatic heterocycles. The molecular weight excluding hydrogens is 329 g/mol. The van der Waals surface area contributed by atoms with Crippen molar-refractivity contribution >= 4 is 27.4 Å². The van der Waals surface area contributed by atoms with Gasteiger partial charge in [0.1, 0.15) is 0 Å². The van der Waals surface area contributed by atoms with E-state index in [1.54, 1.807) is 18.2 Å². The lowest BCUT2D eigenvalue weighted by Crippen LogP contribution is -2.24. The highest BCUT2D eigenvalue weighted by Crippen LogP contribution is 2.21. The Morgan fingerprint density at radius 1 is 1.32 bits per heavy atom. The fourth-order valence-corrected chi connectivity index (χ4v) is 3.08. The quantitative estimate of drug-likeness (QED) is 0.906. The summed E-state index contributed by atoms with van der Waals surface area (Å²) >= 11 is 5.64. The summed E-state index contributed by atoms with van der Waals surface area (Å²) in [5.41, 5.74) is 0.521. The number of nitrogens with zero attached hydrogens (tertiary/aromatic N) is 2. The lowest BCUT2D eigenvalue weighted by molar-refractivity contribution is 0.519. The summed E-state index contributed by atoms with van der Waals surface area (Å²) in [6, 6.07) is 7.67. The van der Waals surface area contributed by atoms with Crippen LogP contribution >= 0.6 is 11.6 Å². The standard InChI is InChI=1S/C14H15ClFN3O2S/c1-19(2)22(20,21)13-6-4-3-5-10(13)8-17-14-12(16)7-11(15)9-18-14/h3-7,9H,8H2,1-2H3,(H,17,18). The zero-order valence-corrected chi connectivity index (χ0v) is 13.6. The first-order chi connectivity index (χ1) is 10.3. The first-order valence-electron chi connectivity index (χ1n) is 6.37. The molecule has 1 N–H and O–H groups in total. The monoisotopic (exact) mass is 343 g/mol. The maximum atomic E-state index is 13.7. The Hall–Kier alpha value is -1.70. The van der Waals surface area contributed by atoms with Crippen molar-refractivity contribution in [3.05, 3.63) is 52.9 Å². The van der Waals surface area contributed by atoms with Gasteiger partial charge in [-0.15, -0.1) is 0 Å². The minimum Gasteiger partial charge on any atom is -0.364 e. The van der Waals surface area contributed by atoms with Crippen molar-refractivity contribution in [1.29, 1.82) is 0 Å². The van der Waals surface area contributed by atoms with Crippen molar-refractivity contribution < 1.29 is 12.8 Å². The highest BCUT2D eigenvalue weighted by atomic mass is 35.5. The third kappa shape index (κ3) is 3.55. The van der Waals surface area contributed by atoms with E-state index >= 15 is 0 Å². The number of nitrogens with one attached hydrogen (secondary N) is 1. The van der Waals surface area contributed by atoms with Gasteiger partial charge < -0.3 is 5.32 Å². The number of aromatic nitrogens is 1.